The molecule has 0 spiro atoms. The molecule has 4 rings (SSSR count). The average molecular weight is 387 g/mol. The van der Waals surface area contributed by atoms with Crippen LogP contribution in [0.4, 0.5) is 0 Å². The first-order valence-corrected chi connectivity index (χ1v) is 10.8. The summed E-state index contributed by atoms with van der Waals surface area (Å²) < 4.78 is 5.03. The van der Waals surface area contributed by atoms with Crippen LogP contribution in [0.3, 0.4) is 0 Å². The van der Waals surface area contributed by atoms with Crippen molar-refractivity contribution in [3.8, 4) is 0 Å². The van der Waals surface area contributed by atoms with Crippen LogP contribution in [0.5, 0.6) is 0 Å². The van der Waals surface area contributed by atoms with Crippen LogP contribution < -0.4 is 5.32 Å². The highest BCUT2D eigenvalue weighted by Gasteiger charge is 2.33. The largest absolute Gasteiger partial charge is 0.472 e. The minimum absolute atomic E-state index is 0.0492. The van der Waals surface area contributed by atoms with Gasteiger partial charge in [-0.2, -0.15) is 0 Å². The number of rotatable bonds is 5. The lowest BCUT2D eigenvalue weighted by Gasteiger charge is -2.33. The van der Waals surface area contributed by atoms with Gasteiger partial charge in [0.1, 0.15) is 6.26 Å². The number of hydrogen-bond acceptors (Lipinski definition) is 4. The predicted octanol–water partition coefficient (Wildman–Crippen LogP) is 4.24. The summed E-state index contributed by atoms with van der Waals surface area (Å²) in [6.45, 7) is 1.18. The molecule has 0 aromatic carbocycles. The van der Waals surface area contributed by atoms with Crippen molar-refractivity contribution < 1.29 is 14.0 Å². The molecule has 1 N–H and O–H groups in total. The number of carbonyl (C=O) groups excluding carboxylic acids is 2. The summed E-state index contributed by atoms with van der Waals surface area (Å²) in [6.07, 6.45) is 9.53. The summed E-state index contributed by atoms with van der Waals surface area (Å²) in [5.74, 6) is 0.426. The van der Waals surface area contributed by atoms with Crippen LogP contribution in [0.2, 0.25) is 0 Å². The van der Waals surface area contributed by atoms with Crippen LogP contribution in [-0.2, 0) is 4.79 Å². The standard InChI is InChI=1S/C21H26N2O3S/c24-20(22-19(15-5-1-2-6-15)18-8-4-12-27-18)16-7-3-10-23(13-16)21(25)17-9-11-26-14-17/h4,8-9,11-12,14-16,19H,1-3,5-7,10,13H2,(H,22,24)/t16-,19-/m1/s1. The lowest BCUT2D eigenvalue weighted by atomic mass is 9.93. The maximum atomic E-state index is 13.1. The van der Waals surface area contributed by atoms with E-state index in [4.69, 9.17) is 4.42 Å². The molecule has 2 aliphatic rings. The Morgan fingerprint density at radius 2 is 2.04 bits per heavy atom. The molecule has 3 heterocycles. The molecule has 0 unspecified atom stereocenters. The quantitative estimate of drug-likeness (QED) is 0.836. The van der Waals surface area contributed by atoms with E-state index in [1.165, 1.54) is 43.1 Å². The summed E-state index contributed by atoms with van der Waals surface area (Å²) in [5.41, 5.74) is 0.554. The molecular formula is C21H26N2O3S. The van der Waals surface area contributed by atoms with Crippen LogP contribution in [0.15, 0.2) is 40.5 Å². The lowest BCUT2D eigenvalue weighted by Crippen LogP contribution is -2.46. The van der Waals surface area contributed by atoms with E-state index in [1.54, 1.807) is 22.3 Å². The highest BCUT2D eigenvalue weighted by atomic mass is 32.1. The van der Waals surface area contributed by atoms with Gasteiger partial charge in [-0.05, 0) is 49.1 Å². The predicted molar refractivity (Wildman–Crippen MR) is 104 cm³/mol. The molecule has 2 amide bonds. The van der Waals surface area contributed by atoms with Crippen molar-refractivity contribution in [2.75, 3.05) is 13.1 Å². The van der Waals surface area contributed by atoms with Crippen molar-refractivity contribution >= 4 is 23.2 Å². The van der Waals surface area contributed by atoms with E-state index in [0.717, 1.165) is 12.8 Å². The minimum Gasteiger partial charge on any atom is -0.472 e. The monoisotopic (exact) mass is 386 g/mol. The van der Waals surface area contributed by atoms with E-state index in [0.29, 0.717) is 24.6 Å². The highest BCUT2D eigenvalue weighted by Crippen LogP contribution is 2.37. The van der Waals surface area contributed by atoms with Crippen LogP contribution in [0, 0.1) is 11.8 Å². The Morgan fingerprint density at radius 3 is 2.74 bits per heavy atom. The fourth-order valence-electron chi connectivity index (χ4n) is 4.40. The summed E-state index contributed by atoms with van der Waals surface area (Å²) in [4.78, 5) is 28.7. The molecule has 1 aliphatic heterocycles. The average Bonchev–Trinajstić information content (AvgIpc) is 3.48. The zero-order valence-electron chi connectivity index (χ0n) is 15.4. The van der Waals surface area contributed by atoms with Crippen LogP contribution in [0.25, 0.3) is 0 Å². The second kappa shape index (κ2) is 8.30. The maximum Gasteiger partial charge on any atom is 0.257 e. The summed E-state index contributed by atoms with van der Waals surface area (Å²) >= 11 is 1.72. The zero-order valence-corrected chi connectivity index (χ0v) is 16.2. The van der Waals surface area contributed by atoms with Crippen LogP contribution >= 0.6 is 11.3 Å². The molecule has 2 fully saturated rings. The second-order valence-electron chi connectivity index (χ2n) is 7.65. The Bertz CT molecular complexity index is 751. The van der Waals surface area contributed by atoms with Gasteiger partial charge < -0.3 is 14.6 Å². The van der Waals surface area contributed by atoms with Gasteiger partial charge >= 0.3 is 0 Å². The first-order chi connectivity index (χ1) is 13.2. The van der Waals surface area contributed by atoms with E-state index < -0.39 is 0 Å². The maximum absolute atomic E-state index is 13.1. The number of thiophene rings is 1. The summed E-state index contributed by atoms with van der Waals surface area (Å²) in [6, 6.07) is 5.97. The number of piperidine rings is 1. The molecule has 1 saturated carbocycles. The molecule has 0 bridgehead atoms. The van der Waals surface area contributed by atoms with Crippen molar-refractivity contribution in [1.82, 2.24) is 10.2 Å². The molecule has 6 heteroatoms. The van der Waals surface area contributed by atoms with Gasteiger partial charge in [-0.1, -0.05) is 18.9 Å². The van der Waals surface area contributed by atoms with Gasteiger partial charge in [-0.25, -0.2) is 0 Å². The Hall–Kier alpha value is -2.08. The first-order valence-electron chi connectivity index (χ1n) is 9.87. The Morgan fingerprint density at radius 1 is 1.19 bits per heavy atom. The SMILES string of the molecule is O=C(N[C@@H](c1cccs1)C1CCCC1)[C@@H]1CCCN(C(=O)c2ccoc2)C1. The number of hydrogen-bond donors (Lipinski definition) is 1. The molecule has 144 valence electrons. The Kier molecular flexibility index (Phi) is 5.62. The number of nitrogens with one attached hydrogen (secondary N) is 1. The molecule has 1 saturated heterocycles. The van der Waals surface area contributed by atoms with Gasteiger partial charge in [-0.3, -0.25) is 9.59 Å². The topological polar surface area (TPSA) is 62.6 Å². The Balaban J connectivity index is 1.42. The van der Waals surface area contributed by atoms with E-state index in [2.05, 4.69) is 22.8 Å². The third kappa shape index (κ3) is 4.10. The van der Waals surface area contributed by atoms with Crippen molar-refractivity contribution in [3.63, 3.8) is 0 Å². The van der Waals surface area contributed by atoms with Crippen molar-refractivity contribution in [2.24, 2.45) is 11.8 Å². The van der Waals surface area contributed by atoms with E-state index in [-0.39, 0.29) is 23.8 Å². The molecule has 2 aromatic rings. The van der Waals surface area contributed by atoms with Gasteiger partial charge in [0, 0.05) is 18.0 Å². The van der Waals surface area contributed by atoms with Gasteiger partial charge in [0.25, 0.3) is 5.91 Å². The fraction of sp³-hybridized carbons (Fsp3) is 0.524. The van der Waals surface area contributed by atoms with E-state index in [9.17, 15) is 9.59 Å². The van der Waals surface area contributed by atoms with Crippen molar-refractivity contribution in [3.05, 3.63) is 46.5 Å². The molecule has 0 radical (unpaired) electrons. The number of furan rings is 1. The smallest absolute Gasteiger partial charge is 0.257 e. The number of amides is 2. The Labute approximate surface area is 163 Å². The fourth-order valence-corrected chi connectivity index (χ4v) is 5.27. The zero-order chi connectivity index (χ0) is 18.6. The first kappa shape index (κ1) is 18.3. The van der Waals surface area contributed by atoms with E-state index in [1.807, 2.05) is 0 Å². The van der Waals surface area contributed by atoms with Gasteiger partial charge in [0.15, 0.2) is 0 Å². The van der Waals surface area contributed by atoms with E-state index >= 15 is 0 Å². The molecule has 27 heavy (non-hydrogen) atoms. The summed E-state index contributed by atoms with van der Waals surface area (Å²) in [5, 5.41) is 5.42. The number of carbonyl (C=O) groups is 2. The third-order valence-electron chi connectivity index (χ3n) is 5.87. The normalized spacial score (nSPS) is 21.9. The summed E-state index contributed by atoms with van der Waals surface area (Å²) in [7, 11) is 0. The lowest BCUT2D eigenvalue weighted by molar-refractivity contribution is -0.127. The molecule has 1 aliphatic carbocycles. The molecule has 2 aromatic heterocycles. The minimum atomic E-state index is -0.140. The second-order valence-corrected chi connectivity index (χ2v) is 8.63. The highest BCUT2D eigenvalue weighted by molar-refractivity contribution is 7.10. The van der Waals surface area contributed by atoms with Crippen molar-refractivity contribution in [1.29, 1.82) is 0 Å². The number of nitrogens with zero attached hydrogens (tertiary/aromatic N) is 1. The third-order valence-corrected chi connectivity index (χ3v) is 6.82. The van der Waals surface area contributed by atoms with Crippen LogP contribution in [0.1, 0.15) is 59.8 Å². The van der Waals surface area contributed by atoms with Crippen molar-refractivity contribution in [2.45, 2.75) is 44.6 Å². The molecule has 5 nitrogen and oxygen atoms in total. The van der Waals surface area contributed by atoms with Crippen LogP contribution in [-0.4, -0.2) is 29.8 Å². The van der Waals surface area contributed by atoms with Gasteiger partial charge in [-0.15, -0.1) is 11.3 Å². The van der Waals surface area contributed by atoms with Gasteiger partial charge in [0.2, 0.25) is 5.91 Å². The number of likely N-dealkylation sites (tertiary alicyclic amines) is 1. The molecule has 2 atom stereocenters. The van der Waals surface area contributed by atoms with Gasteiger partial charge in [0.05, 0.1) is 23.8 Å². The molecular weight excluding hydrogens is 360 g/mol.